The number of aliphatic imine (C=N–C) groups is 1. The number of hydrogen-bond acceptors (Lipinski definition) is 2. The van der Waals surface area contributed by atoms with E-state index in [1.165, 1.54) is 0 Å². The van der Waals surface area contributed by atoms with Crippen LogP contribution in [0.5, 0.6) is 0 Å². The predicted octanol–water partition coefficient (Wildman–Crippen LogP) is 3.08. The smallest absolute Gasteiger partial charge is 0.246 e. The first-order valence-electron chi connectivity index (χ1n) is 8.29. The van der Waals surface area contributed by atoms with E-state index in [4.69, 9.17) is 11.6 Å². The van der Waals surface area contributed by atoms with Crippen molar-refractivity contribution in [2.45, 2.75) is 13.3 Å². The van der Waals surface area contributed by atoms with Crippen LogP contribution in [0.3, 0.4) is 0 Å². The van der Waals surface area contributed by atoms with Gasteiger partial charge in [0.2, 0.25) is 5.91 Å². The number of nitrogens with one attached hydrogen (secondary N) is 3. The highest BCUT2D eigenvalue weighted by molar-refractivity contribution is 6.31. The minimum Gasteiger partial charge on any atom is -0.357 e. The molecule has 2 aromatic rings. The fourth-order valence-electron chi connectivity index (χ4n) is 2.23. The third-order valence-corrected chi connectivity index (χ3v) is 3.80. The van der Waals surface area contributed by atoms with Gasteiger partial charge in [0, 0.05) is 23.8 Å². The fraction of sp³-hybridized carbons (Fsp3) is 0.263. The lowest BCUT2D eigenvalue weighted by molar-refractivity contribution is -0.114. The molecule has 0 aliphatic rings. The lowest BCUT2D eigenvalue weighted by Gasteiger charge is -2.12. The molecule has 0 saturated carbocycles. The normalized spacial score (nSPS) is 11.0. The van der Waals surface area contributed by atoms with Crippen LogP contribution in [-0.4, -0.2) is 31.5 Å². The Morgan fingerprint density at radius 1 is 1.04 bits per heavy atom. The standard InChI is InChI=1S/C19H23ClN4O/c1-2-21-19(22-13-12-15-8-6-7-11-17(15)20)23-14-18(25)24-16-9-4-3-5-10-16/h3-11H,2,12-14H2,1H3,(H,24,25)(H2,21,22,23). The van der Waals surface area contributed by atoms with Crippen molar-refractivity contribution in [3.8, 4) is 0 Å². The second-order valence-electron chi connectivity index (χ2n) is 5.38. The lowest BCUT2D eigenvalue weighted by Crippen LogP contribution is -2.39. The van der Waals surface area contributed by atoms with E-state index >= 15 is 0 Å². The van der Waals surface area contributed by atoms with E-state index in [9.17, 15) is 4.79 Å². The Kier molecular flexibility index (Phi) is 7.79. The average Bonchev–Trinajstić information content (AvgIpc) is 2.62. The van der Waals surface area contributed by atoms with E-state index in [1.807, 2.05) is 61.5 Å². The Morgan fingerprint density at radius 2 is 1.76 bits per heavy atom. The van der Waals surface area contributed by atoms with Crippen molar-refractivity contribution in [1.82, 2.24) is 10.6 Å². The molecule has 0 bridgehead atoms. The van der Waals surface area contributed by atoms with Gasteiger partial charge in [0.1, 0.15) is 6.54 Å². The van der Waals surface area contributed by atoms with E-state index in [0.717, 1.165) is 29.2 Å². The van der Waals surface area contributed by atoms with Crippen molar-refractivity contribution in [1.29, 1.82) is 0 Å². The number of guanidine groups is 1. The molecule has 132 valence electrons. The highest BCUT2D eigenvalue weighted by atomic mass is 35.5. The number of amides is 1. The molecule has 25 heavy (non-hydrogen) atoms. The van der Waals surface area contributed by atoms with Gasteiger partial charge in [-0.25, -0.2) is 4.99 Å². The summed E-state index contributed by atoms with van der Waals surface area (Å²) in [5.41, 5.74) is 1.84. The van der Waals surface area contributed by atoms with Crippen molar-refractivity contribution in [2.24, 2.45) is 4.99 Å². The van der Waals surface area contributed by atoms with Gasteiger partial charge in [0.05, 0.1) is 0 Å². The number of rotatable bonds is 7. The quantitative estimate of drug-likeness (QED) is 0.526. The first kappa shape index (κ1) is 18.8. The van der Waals surface area contributed by atoms with E-state index in [-0.39, 0.29) is 12.5 Å². The molecule has 0 aliphatic carbocycles. The van der Waals surface area contributed by atoms with E-state index in [0.29, 0.717) is 12.5 Å². The van der Waals surface area contributed by atoms with Gasteiger partial charge in [-0.1, -0.05) is 48.0 Å². The molecule has 0 aliphatic heterocycles. The summed E-state index contributed by atoms with van der Waals surface area (Å²) < 4.78 is 0. The highest BCUT2D eigenvalue weighted by Gasteiger charge is 2.04. The van der Waals surface area contributed by atoms with Crippen LogP contribution in [-0.2, 0) is 11.2 Å². The zero-order valence-electron chi connectivity index (χ0n) is 14.3. The monoisotopic (exact) mass is 358 g/mol. The van der Waals surface area contributed by atoms with Crippen molar-refractivity contribution in [3.63, 3.8) is 0 Å². The number of carbonyl (C=O) groups is 1. The van der Waals surface area contributed by atoms with Gasteiger partial charge in [0.15, 0.2) is 5.96 Å². The van der Waals surface area contributed by atoms with E-state index in [2.05, 4.69) is 20.9 Å². The van der Waals surface area contributed by atoms with Gasteiger partial charge >= 0.3 is 0 Å². The molecule has 0 spiro atoms. The number of para-hydroxylation sites is 1. The summed E-state index contributed by atoms with van der Waals surface area (Å²) in [6.45, 7) is 3.43. The highest BCUT2D eigenvalue weighted by Crippen LogP contribution is 2.14. The van der Waals surface area contributed by atoms with Gasteiger partial charge in [0.25, 0.3) is 0 Å². The number of anilines is 1. The van der Waals surface area contributed by atoms with E-state index < -0.39 is 0 Å². The topological polar surface area (TPSA) is 65.5 Å². The first-order valence-corrected chi connectivity index (χ1v) is 8.67. The molecule has 6 heteroatoms. The van der Waals surface area contributed by atoms with Crippen molar-refractivity contribution in [3.05, 3.63) is 65.2 Å². The second-order valence-corrected chi connectivity index (χ2v) is 5.78. The summed E-state index contributed by atoms with van der Waals surface area (Å²) >= 11 is 6.15. The first-order chi connectivity index (χ1) is 12.2. The van der Waals surface area contributed by atoms with E-state index in [1.54, 1.807) is 0 Å². The number of carbonyl (C=O) groups excluding carboxylic acids is 1. The zero-order valence-corrected chi connectivity index (χ0v) is 15.0. The average molecular weight is 359 g/mol. The van der Waals surface area contributed by atoms with Crippen LogP contribution in [0.25, 0.3) is 0 Å². The maximum atomic E-state index is 12.0. The number of benzene rings is 2. The van der Waals surface area contributed by atoms with Crippen LogP contribution >= 0.6 is 11.6 Å². The van der Waals surface area contributed by atoms with Crippen molar-refractivity contribution in [2.75, 3.05) is 25.0 Å². The maximum Gasteiger partial charge on any atom is 0.246 e. The summed E-state index contributed by atoms with van der Waals surface area (Å²) in [5.74, 6) is 0.451. The van der Waals surface area contributed by atoms with Crippen LogP contribution in [0, 0.1) is 0 Å². The minimum atomic E-state index is -0.158. The van der Waals surface area contributed by atoms with Crippen LogP contribution < -0.4 is 16.0 Å². The third kappa shape index (κ3) is 6.85. The van der Waals surface area contributed by atoms with Crippen LogP contribution in [0.4, 0.5) is 5.69 Å². The second kappa shape index (κ2) is 10.4. The largest absolute Gasteiger partial charge is 0.357 e. The molecule has 0 aromatic heterocycles. The van der Waals surface area contributed by atoms with Gasteiger partial charge in [-0.15, -0.1) is 0 Å². The molecule has 0 saturated heterocycles. The summed E-state index contributed by atoms with van der Waals surface area (Å²) in [6, 6.07) is 17.1. The summed E-state index contributed by atoms with van der Waals surface area (Å²) in [7, 11) is 0. The van der Waals surface area contributed by atoms with Crippen LogP contribution in [0.1, 0.15) is 12.5 Å². The van der Waals surface area contributed by atoms with Crippen LogP contribution in [0.15, 0.2) is 59.6 Å². The summed E-state index contributed by atoms with van der Waals surface area (Å²) in [4.78, 5) is 16.3. The van der Waals surface area contributed by atoms with Gasteiger partial charge in [-0.3, -0.25) is 4.79 Å². The summed E-state index contributed by atoms with van der Waals surface area (Å²) in [6.07, 6.45) is 0.778. The summed E-state index contributed by atoms with van der Waals surface area (Å²) in [5, 5.41) is 9.91. The minimum absolute atomic E-state index is 0.0519. The third-order valence-electron chi connectivity index (χ3n) is 3.43. The molecule has 3 N–H and O–H groups in total. The Morgan fingerprint density at radius 3 is 2.48 bits per heavy atom. The molecule has 0 atom stereocenters. The Hall–Kier alpha value is -2.53. The number of hydrogen-bond donors (Lipinski definition) is 3. The zero-order chi connectivity index (χ0) is 17.9. The molecule has 2 rings (SSSR count). The molecule has 1 amide bonds. The predicted molar refractivity (Wildman–Crippen MR) is 104 cm³/mol. The molecule has 0 unspecified atom stereocenters. The number of halogens is 1. The SMILES string of the molecule is CCNC(=NCC(=O)Nc1ccccc1)NCCc1ccccc1Cl. The molecule has 0 fully saturated rings. The molecular formula is C19H23ClN4O. The molecule has 5 nitrogen and oxygen atoms in total. The molecule has 0 heterocycles. The molecule has 2 aromatic carbocycles. The maximum absolute atomic E-state index is 12.0. The number of nitrogens with zero attached hydrogens (tertiary/aromatic N) is 1. The van der Waals surface area contributed by atoms with Crippen LogP contribution in [0.2, 0.25) is 5.02 Å². The fourth-order valence-corrected chi connectivity index (χ4v) is 2.46. The van der Waals surface area contributed by atoms with Crippen molar-refractivity contribution < 1.29 is 4.79 Å². The molecule has 0 radical (unpaired) electrons. The van der Waals surface area contributed by atoms with Gasteiger partial charge < -0.3 is 16.0 Å². The Labute approximate surface area is 153 Å². The lowest BCUT2D eigenvalue weighted by atomic mass is 10.1. The van der Waals surface area contributed by atoms with Gasteiger partial charge in [-0.2, -0.15) is 0 Å². The Bertz CT molecular complexity index is 704. The molecular weight excluding hydrogens is 336 g/mol. The Balaban J connectivity index is 1.83. The van der Waals surface area contributed by atoms with Gasteiger partial charge in [-0.05, 0) is 37.1 Å². The van der Waals surface area contributed by atoms with Crippen molar-refractivity contribution >= 4 is 29.2 Å².